The molecule has 0 aliphatic heterocycles. The first kappa shape index (κ1) is 18.6. The minimum Gasteiger partial charge on any atom is -0.467 e. The van der Waals surface area contributed by atoms with Crippen molar-refractivity contribution in [2.24, 2.45) is 0 Å². The van der Waals surface area contributed by atoms with E-state index in [1.807, 2.05) is 12.1 Å². The number of anilines is 1. The summed E-state index contributed by atoms with van der Waals surface area (Å²) in [6.45, 7) is 0.525. The van der Waals surface area contributed by atoms with Crippen LogP contribution in [0.25, 0.3) is 11.1 Å². The quantitative estimate of drug-likeness (QED) is 0.638. The number of pyridine rings is 1. The summed E-state index contributed by atoms with van der Waals surface area (Å²) in [6.07, 6.45) is 8.55. The smallest absolute Gasteiger partial charge is 0.316 e. The van der Waals surface area contributed by atoms with Gasteiger partial charge in [-0.2, -0.15) is 0 Å². The van der Waals surface area contributed by atoms with Crippen LogP contribution in [0.5, 0.6) is 6.01 Å². The highest BCUT2D eigenvalue weighted by atomic mass is 31.0. The van der Waals surface area contributed by atoms with Gasteiger partial charge in [0, 0.05) is 54.1 Å². The Balaban J connectivity index is 1.47. The third-order valence-electron chi connectivity index (χ3n) is 4.95. The minimum absolute atomic E-state index is 0.308. The summed E-state index contributed by atoms with van der Waals surface area (Å²) in [4.78, 5) is 21.4. The van der Waals surface area contributed by atoms with Gasteiger partial charge in [-0.05, 0) is 24.2 Å². The van der Waals surface area contributed by atoms with Gasteiger partial charge >= 0.3 is 6.01 Å². The van der Waals surface area contributed by atoms with Crippen molar-refractivity contribution < 1.29 is 9.13 Å². The first-order valence-electron chi connectivity index (χ1n) is 8.87. The molecule has 4 rings (SSSR count). The van der Waals surface area contributed by atoms with Gasteiger partial charge in [0.1, 0.15) is 6.17 Å². The Hall–Kier alpha value is -2.73. The SMILES string of the molecule is COc1ncc(-c2cnc(NCC3(c4ncccc4P)CC(F)C3)nc2)cn1. The summed E-state index contributed by atoms with van der Waals surface area (Å²) in [7, 11) is 4.21. The minimum atomic E-state index is -0.799. The molecule has 1 aliphatic rings. The molecule has 1 saturated carbocycles. The summed E-state index contributed by atoms with van der Waals surface area (Å²) in [5.74, 6) is 0.487. The predicted octanol–water partition coefficient (Wildman–Crippen LogP) is 2.32. The van der Waals surface area contributed by atoms with Crippen LogP contribution in [0.15, 0.2) is 43.1 Å². The highest BCUT2D eigenvalue weighted by Crippen LogP contribution is 2.44. The third kappa shape index (κ3) is 3.64. The van der Waals surface area contributed by atoms with Gasteiger partial charge in [0.15, 0.2) is 0 Å². The van der Waals surface area contributed by atoms with E-state index >= 15 is 0 Å². The van der Waals surface area contributed by atoms with Gasteiger partial charge in [-0.1, -0.05) is 6.07 Å². The van der Waals surface area contributed by atoms with Gasteiger partial charge in [0.05, 0.1) is 12.8 Å². The van der Waals surface area contributed by atoms with Crippen molar-refractivity contribution in [1.82, 2.24) is 24.9 Å². The zero-order chi connectivity index (χ0) is 19.6. The molecule has 1 atom stereocenters. The summed E-state index contributed by atoms with van der Waals surface area (Å²) in [5.41, 5.74) is 2.16. The lowest BCUT2D eigenvalue weighted by molar-refractivity contribution is 0.100. The number of nitrogens with zero attached hydrogens (tertiary/aromatic N) is 5. The maximum Gasteiger partial charge on any atom is 0.316 e. The number of hydrogen-bond acceptors (Lipinski definition) is 7. The van der Waals surface area contributed by atoms with E-state index in [-0.39, 0.29) is 5.41 Å². The normalized spacial score (nSPS) is 21.0. The number of ether oxygens (including phenoxy) is 1. The lowest BCUT2D eigenvalue weighted by Gasteiger charge is -2.44. The van der Waals surface area contributed by atoms with Gasteiger partial charge in [-0.15, -0.1) is 9.24 Å². The molecule has 28 heavy (non-hydrogen) atoms. The van der Waals surface area contributed by atoms with E-state index in [1.54, 1.807) is 31.0 Å². The Morgan fingerprint density at radius 3 is 2.32 bits per heavy atom. The molecule has 0 amide bonds. The van der Waals surface area contributed by atoms with Crippen LogP contribution < -0.4 is 15.4 Å². The molecule has 0 radical (unpaired) electrons. The van der Waals surface area contributed by atoms with Crippen LogP contribution in [0, 0.1) is 0 Å². The molecule has 0 spiro atoms. The predicted molar refractivity (Wildman–Crippen MR) is 107 cm³/mol. The van der Waals surface area contributed by atoms with Crippen LogP contribution in [0.4, 0.5) is 10.3 Å². The average Bonchev–Trinajstić information content (AvgIpc) is 2.71. The molecule has 1 unspecified atom stereocenters. The van der Waals surface area contributed by atoms with Crippen LogP contribution in [0.3, 0.4) is 0 Å². The fourth-order valence-electron chi connectivity index (χ4n) is 3.46. The zero-order valence-electron chi connectivity index (χ0n) is 15.3. The highest BCUT2D eigenvalue weighted by molar-refractivity contribution is 7.27. The maximum absolute atomic E-state index is 13.7. The molecule has 0 aromatic carbocycles. The molecule has 7 nitrogen and oxygen atoms in total. The summed E-state index contributed by atoms with van der Waals surface area (Å²) in [6, 6.07) is 4.16. The van der Waals surface area contributed by atoms with Gasteiger partial charge in [0.2, 0.25) is 5.95 Å². The van der Waals surface area contributed by atoms with E-state index in [0.29, 0.717) is 31.3 Å². The third-order valence-corrected chi connectivity index (χ3v) is 5.41. The second-order valence-electron chi connectivity index (χ2n) is 6.83. The van der Waals surface area contributed by atoms with Gasteiger partial charge < -0.3 is 10.1 Å². The Labute approximate surface area is 164 Å². The molecule has 0 saturated heterocycles. The van der Waals surface area contributed by atoms with Crippen molar-refractivity contribution in [2.75, 3.05) is 19.0 Å². The number of nitrogens with one attached hydrogen (secondary N) is 1. The topological polar surface area (TPSA) is 85.7 Å². The van der Waals surface area contributed by atoms with Crippen LogP contribution in [-0.4, -0.2) is 44.7 Å². The summed E-state index contributed by atoms with van der Waals surface area (Å²) >= 11 is 0. The number of alkyl halides is 1. The monoisotopic (exact) mass is 398 g/mol. The van der Waals surface area contributed by atoms with Gasteiger partial charge in [0.25, 0.3) is 0 Å². The van der Waals surface area contributed by atoms with E-state index in [4.69, 9.17) is 4.74 Å². The Bertz CT molecular complexity index is 947. The Morgan fingerprint density at radius 2 is 1.75 bits per heavy atom. The molecular formula is C19H20FN6OP. The lowest BCUT2D eigenvalue weighted by atomic mass is 9.65. The first-order valence-corrected chi connectivity index (χ1v) is 9.45. The fourth-order valence-corrected chi connectivity index (χ4v) is 3.95. The number of rotatable bonds is 6. The average molecular weight is 398 g/mol. The van der Waals surface area contributed by atoms with Crippen molar-refractivity contribution in [2.45, 2.75) is 24.4 Å². The van der Waals surface area contributed by atoms with Crippen LogP contribution in [0.2, 0.25) is 0 Å². The van der Waals surface area contributed by atoms with E-state index < -0.39 is 6.17 Å². The lowest BCUT2D eigenvalue weighted by Crippen LogP contribution is -2.50. The Kier molecular flexibility index (Phi) is 5.13. The molecule has 9 heteroatoms. The number of halogens is 1. The molecule has 144 valence electrons. The zero-order valence-corrected chi connectivity index (χ0v) is 16.5. The first-order chi connectivity index (χ1) is 13.6. The van der Waals surface area contributed by atoms with Crippen molar-refractivity contribution >= 4 is 20.5 Å². The summed E-state index contributed by atoms with van der Waals surface area (Å²) < 4.78 is 18.7. The van der Waals surface area contributed by atoms with Gasteiger partial charge in [-0.25, -0.2) is 24.3 Å². The maximum atomic E-state index is 13.7. The second-order valence-corrected chi connectivity index (χ2v) is 7.46. The fraction of sp³-hybridized carbons (Fsp3) is 0.316. The summed E-state index contributed by atoms with van der Waals surface area (Å²) in [5, 5.41) is 4.23. The van der Waals surface area contributed by atoms with E-state index in [2.05, 4.69) is 39.5 Å². The van der Waals surface area contributed by atoms with Crippen molar-refractivity contribution in [1.29, 1.82) is 0 Å². The van der Waals surface area contributed by atoms with Crippen molar-refractivity contribution in [3.05, 3.63) is 48.8 Å². The van der Waals surface area contributed by atoms with Crippen molar-refractivity contribution in [3.63, 3.8) is 0 Å². The molecule has 1 aliphatic carbocycles. The van der Waals surface area contributed by atoms with E-state index in [1.165, 1.54) is 7.11 Å². The molecule has 0 bridgehead atoms. The molecule has 3 aromatic heterocycles. The van der Waals surface area contributed by atoms with E-state index in [9.17, 15) is 4.39 Å². The van der Waals surface area contributed by atoms with E-state index in [0.717, 1.165) is 22.1 Å². The Morgan fingerprint density at radius 1 is 1.11 bits per heavy atom. The standard InChI is InChI=1S/C19H20FN6OP/c1-27-18-24-9-13(10-25-18)12-7-22-17(23-8-12)26-11-19(5-14(20)6-19)16-15(28)3-2-4-21-16/h2-4,7-10,14H,5-6,11,28H2,1H3,(H,22,23,26). The molecule has 1 N–H and O–H groups in total. The van der Waals surface area contributed by atoms with Crippen LogP contribution >= 0.6 is 9.24 Å². The number of hydrogen-bond donors (Lipinski definition) is 1. The largest absolute Gasteiger partial charge is 0.467 e. The molecule has 3 heterocycles. The number of aromatic nitrogens is 5. The molecule has 1 fully saturated rings. The molecular weight excluding hydrogens is 378 g/mol. The highest BCUT2D eigenvalue weighted by Gasteiger charge is 2.47. The van der Waals surface area contributed by atoms with Gasteiger partial charge in [-0.3, -0.25) is 4.98 Å². The molecule has 3 aromatic rings. The number of methoxy groups -OCH3 is 1. The second kappa shape index (κ2) is 7.72. The van der Waals surface area contributed by atoms with Crippen molar-refractivity contribution in [3.8, 4) is 17.1 Å². The van der Waals surface area contributed by atoms with Crippen LogP contribution in [-0.2, 0) is 5.41 Å². The van der Waals surface area contributed by atoms with Crippen LogP contribution in [0.1, 0.15) is 18.5 Å².